The molecule has 1 atom stereocenters. The molecule has 1 N–H and O–H groups in total. The van der Waals surface area contributed by atoms with Gasteiger partial charge in [0.2, 0.25) is 0 Å². The van der Waals surface area contributed by atoms with Crippen molar-refractivity contribution >= 4 is 33.4 Å². The average molecular weight is 288 g/mol. The number of benzene rings is 1. The van der Waals surface area contributed by atoms with Crippen molar-refractivity contribution in [2.24, 2.45) is 0 Å². The van der Waals surface area contributed by atoms with Gasteiger partial charge in [0.25, 0.3) is 0 Å². The maximum absolute atomic E-state index is 5.22. The van der Waals surface area contributed by atoms with Gasteiger partial charge < -0.3 is 10.1 Å². The fourth-order valence-electron chi connectivity index (χ4n) is 1.65. The van der Waals surface area contributed by atoms with Gasteiger partial charge >= 0.3 is 0 Å². The summed E-state index contributed by atoms with van der Waals surface area (Å²) in [6, 6.07) is 6.70. The molecule has 1 aromatic carbocycles. The van der Waals surface area contributed by atoms with Crippen LogP contribution in [0.3, 0.4) is 0 Å². The first-order chi connectivity index (χ1) is 7.28. The lowest BCUT2D eigenvalue weighted by atomic mass is 10.2. The molecule has 1 unspecified atom stereocenters. The van der Waals surface area contributed by atoms with Crippen LogP contribution in [0.25, 0.3) is 0 Å². The Hall–Kier alpha value is -0.350. The summed E-state index contributed by atoms with van der Waals surface area (Å²) in [5.41, 5.74) is 1.13. The van der Waals surface area contributed by atoms with Gasteiger partial charge in [0.05, 0.1) is 7.11 Å². The van der Waals surface area contributed by atoms with E-state index in [2.05, 4.69) is 27.3 Å². The molecule has 0 amide bonds. The number of hydrogen-bond acceptors (Lipinski definition) is 3. The van der Waals surface area contributed by atoms with Crippen LogP contribution >= 0.6 is 27.7 Å². The molecule has 1 aliphatic heterocycles. The number of rotatable bonds is 3. The van der Waals surface area contributed by atoms with Gasteiger partial charge in [-0.15, -0.1) is 0 Å². The zero-order valence-electron chi connectivity index (χ0n) is 8.63. The number of hydrogen-bond donors (Lipinski definition) is 1. The number of anilines is 1. The van der Waals surface area contributed by atoms with Crippen molar-refractivity contribution in [1.82, 2.24) is 0 Å². The second kappa shape index (κ2) is 5.12. The second-order valence-electron chi connectivity index (χ2n) is 3.58. The van der Waals surface area contributed by atoms with Crippen LogP contribution in [0.4, 0.5) is 5.69 Å². The molecule has 0 radical (unpaired) electrons. The highest BCUT2D eigenvalue weighted by molar-refractivity contribution is 9.10. The topological polar surface area (TPSA) is 21.3 Å². The molecular formula is C11H14BrNOS. The Morgan fingerprint density at radius 1 is 1.47 bits per heavy atom. The van der Waals surface area contributed by atoms with Gasteiger partial charge in [0.1, 0.15) is 5.75 Å². The van der Waals surface area contributed by atoms with Crippen LogP contribution in [0.2, 0.25) is 0 Å². The molecule has 1 aliphatic rings. The molecule has 0 bridgehead atoms. The van der Waals surface area contributed by atoms with Crippen molar-refractivity contribution in [1.29, 1.82) is 0 Å². The minimum Gasteiger partial charge on any atom is -0.497 e. The van der Waals surface area contributed by atoms with Gasteiger partial charge in [-0.2, -0.15) is 11.8 Å². The van der Waals surface area contributed by atoms with E-state index in [0.29, 0.717) is 6.04 Å². The molecule has 1 saturated heterocycles. The number of ether oxygens (including phenoxy) is 1. The van der Waals surface area contributed by atoms with E-state index >= 15 is 0 Å². The largest absolute Gasteiger partial charge is 0.497 e. The first kappa shape index (κ1) is 11.1. The predicted octanol–water partition coefficient (Wildman–Crippen LogP) is 3.38. The molecule has 0 aromatic heterocycles. The molecule has 1 aromatic rings. The zero-order chi connectivity index (χ0) is 10.7. The van der Waals surface area contributed by atoms with E-state index in [4.69, 9.17) is 4.74 Å². The Morgan fingerprint density at radius 3 is 3.00 bits per heavy atom. The molecule has 82 valence electrons. The van der Waals surface area contributed by atoms with Crippen LogP contribution < -0.4 is 10.1 Å². The Balaban J connectivity index is 2.09. The molecule has 15 heavy (non-hydrogen) atoms. The quantitative estimate of drug-likeness (QED) is 0.921. The molecular weight excluding hydrogens is 274 g/mol. The Kier molecular flexibility index (Phi) is 3.81. The summed E-state index contributed by atoms with van der Waals surface area (Å²) in [5.74, 6) is 3.36. The van der Waals surface area contributed by atoms with Gasteiger partial charge in [-0.05, 0) is 24.3 Å². The zero-order valence-corrected chi connectivity index (χ0v) is 11.0. The third-order valence-electron chi connectivity index (χ3n) is 2.41. The molecule has 0 spiro atoms. The summed E-state index contributed by atoms with van der Waals surface area (Å²) in [4.78, 5) is 0. The first-order valence-electron chi connectivity index (χ1n) is 4.97. The highest BCUT2D eigenvalue weighted by atomic mass is 79.9. The van der Waals surface area contributed by atoms with Crippen LogP contribution in [0.1, 0.15) is 6.42 Å². The van der Waals surface area contributed by atoms with E-state index < -0.39 is 0 Å². The lowest BCUT2D eigenvalue weighted by Gasteiger charge is -2.14. The second-order valence-corrected chi connectivity index (χ2v) is 5.65. The van der Waals surface area contributed by atoms with Crippen molar-refractivity contribution in [3.05, 3.63) is 22.7 Å². The molecule has 0 saturated carbocycles. The van der Waals surface area contributed by atoms with Crippen LogP contribution in [-0.4, -0.2) is 24.7 Å². The van der Waals surface area contributed by atoms with E-state index in [9.17, 15) is 0 Å². The minimum absolute atomic E-state index is 0.606. The van der Waals surface area contributed by atoms with Crippen LogP contribution in [0, 0.1) is 0 Å². The minimum atomic E-state index is 0.606. The molecule has 4 heteroatoms. The van der Waals surface area contributed by atoms with E-state index in [-0.39, 0.29) is 0 Å². The summed E-state index contributed by atoms with van der Waals surface area (Å²) < 4.78 is 6.28. The fraction of sp³-hybridized carbons (Fsp3) is 0.455. The monoisotopic (exact) mass is 287 g/mol. The summed E-state index contributed by atoms with van der Waals surface area (Å²) in [5, 5.41) is 3.53. The number of methoxy groups -OCH3 is 1. The van der Waals surface area contributed by atoms with E-state index in [0.717, 1.165) is 15.9 Å². The van der Waals surface area contributed by atoms with Crippen LogP contribution in [-0.2, 0) is 0 Å². The maximum Gasteiger partial charge on any atom is 0.122 e. The lowest BCUT2D eigenvalue weighted by Crippen LogP contribution is -2.17. The third kappa shape index (κ3) is 3.05. The van der Waals surface area contributed by atoms with Crippen LogP contribution in [0.5, 0.6) is 5.75 Å². The summed E-state index contributed by atoms with van der Waals surface area (Å²) in [6.07, 6.45) is 1.25. The summed E-state index contributed by atoms with van der Waals surface area (Å²) >= 11 is 5.49. The molecule has 2 nitrogen and oxygen atoms in total. The molecule has 2 rings (SSSR count). The van der Waals surface area contributed by atoms with Crippen molar-refractivity contribution < 1.29 is 4.74 Å². The van der Waals surface area contributed by atoms with E-state index in [1.165, 1.54) is 17.9 Å². The standard InChI is InChI=1S/C11H14BrNOS/c1-14-11-5-8(12)4-10(6-11)13-9-2-3-15-7-9/h4-6,9,13H,2-3,7H2,1H3. The summed E-state index contributed by atoms with van der Waals surface area (Å²) in [6.45, 7) is 0. The highest BCUT2D eigenvalue weighted by Crippen LogP contribution is 2.27. The predicted molar refractivity (Wildman–Crippen MR) is 70.0 cm³/mol. The van der Waals surface area contributed by atoms with Crippen LogP contribution in [0.15, 0.2) is 22.7 Å². The normalized spacial score (nSPS) is 20.3. The number of nitrogens with one attached hydrogen (secondary N) is 1. The Labute approximate surface area is 103 Å². The SMILES string of the molecule is COc1cc(Br)cc(NC2CCSC2)c1. The molecule has 1 fully saturated rings. The molecule has 1 heterocycles. The smallest absolute Gasteiger partial charge is 0.122 e. The van der Waals surface area contributed by atoms with Gasteiger partial charge in [-0.25, -0.2) is 0 Å². The van der Waals surface area contributed by atoms with E-state index in [1.54, 1.807) is 7.11 Å². The van der Waals surface area contributed by atoms with Crippen molar-refractivity contribution in [2.75, 3.05) is 23.9 Å². The van der Waals surface area contributed by atoms with E-state index in [1.807, 2.05) is 23.9 Å². The van der Waals surface area contributed by atoms with Gasteiger partial charge in [-0.3, -0.25) is 0 Å². The average Bonchev–Trinajstić information content (AvgIpc) is 2.69. The van der Waals surface area contributed by atoms with Crippen molar-refractivity contribution in [3.63, 3.8) is 0 Å². The fourth-order valence-corrected chi connectivity index (χ4v) is 3.27. The third-order valence-corrected chi connectivity index (χ3v) is 4.03. The Bertz CT molecular complexity index is 339. The molecule has 0 aliphatic carbocycles. The van der Waals surface area contributed by atoms with Crippen molar-refractivity contribution in [2.45, 2.75) is 12.5 Å². The van der Waals surface area contributed by atoms with Gasteiger partial charge in [0, 0.05) is 28.0 Å². The highest BCUT2D eigenvalue weighted by Gasteiger charge is 2.15. The first-order valence-corrected chi connectivity index (χ1v) is 6.91. The Morgan fingerprint density at radius 2 is 2.33 bits per heavy atom. The lowest BCUT2D eigenvalue weighted by molar-refractivity contribution is 0.414. The summed E-state index contributed by atoms with van der Waals surface area (Å²) in [7, 11) is 1.69. The van der Waals surface area contributed by atoms with Gasteiger partial charge in [-0.1, -0.05) is 15.9 Å². The van der Waals surface area contributed by atoms with Crippen molar-refractivity contribution in [3.8, 4) is 5.75 Å². The maximum atomic E-state index is 5.22. The number of halogens is 1. The number of thioether (sulfide) groups is 1. The van der Waals surface area contributed by atoms with Gasteiger partial charge in [0.15, 0.2) is 0 Å².